The Balaban J connectivity index is 1.88. The number of carbonyl (C=O) groups excluding carboxylic acids is 2. The molecule has 0 bridgehead atoms. The molecule has 1 aromatic carbocycles. The highest BCUT2D eigenvalue weighted by Gasteiger charge is 2.38. The number of nitrogens with one attached hydrogen (secondary N) is 1. The number of anilines is 1. The third-order valence-corrected chi connectivity index (χ3v) is 3.52. The van der Waals surface area contributed by atoms with Gasteiger partial charge in [0, 0.05) is 12.4 Å². The van der Waals surface area contributed by atoms with Crippen molar-refractivity contribution >= 4 is 46.7 Å². The van der Waals surface area contributed by atoms with E-state index in [1.807, 2.05) is 6.07 Å². The second kappa shape index (κ2) is 6.45. The van der Waals surface area contributed by atoms with Crippen molar-refractivity contribution in [2.75, 3.05) is 4.90 Å². The van der Waals surface area contributed by atoms with E-state index in [-0.39, 0.29) is 5.11 Å². The fraction of sp³-hybridized carbons (Fsp3) is 0.0625. The van der Waals surface area contributed by atoms with Crippen LogP contribution in [0.25, 0.3) is 0 Å². The summed E-state index contributed by atoms with van der Waals surface area (Å²) in [5, 5.41) is 2.60. The lowest BCUT2D eigenvalue weighted by atomic mass is 10.1. The van der Waals surface area contributed by atoms with Crippen molar-refractivity contribution in [1.29, 1.82) is 0 Å². The molecule has 2 aromatic rings. The smallest absolute Gasteiger partial charge is 0.251 e. The number of nitrogens with zero attached hydrogens (tertiary/aromatic N) is 3. The van der Waals surface area contributed by atoms with Crippen LogP contribution >= 0.6 is 12.2 Å². The van der Waals surface area contributed by atoms with Gasteiger partial charge in [-0.05, 0) is 36.5 Å². The van der Waals surface area contributed by atoms with Crippen LogP contribution in [0.1, 0.15) is 0 Å². The number of amides is 2. The van der Waals surface area contributed by atoms with Gasteiger partial charge < -0.3 is 5.32 Å². The second-order valence-corrected chi connectivity index (χ2v) is 5.16. The molecule has 3 rings (SSSR count). The van der Waals surface area contributed by atoms with Gasteiger partial charge in [0.1, 0.15) is 0 Å². The predicted octanol–water partition coefficient (Wildman–Crippen LogP) is 1.85. The number of rotatable bonds is 3. The lowest BCUT2D eigenvalue weighted by Crippen LogP contribution is -2.58. The molecule has 7 heteroatoms. The van der Waals surface area contributed by atoms with Gasteiger partial charge in [0.2, 0.25) is 5.91 Å². The summed E-state index contributed by atoms with van der Waals surface area (Å²) >= 11 is 5.11. The van der Waals surface area contributed by atoms with Crippen molar-refractivity contribution in [2.24, 2.45) is 10.9 Å². The standard InChI is InChI=1S/C16H12N4O2S/c21-14-13(10-18-11-5-4-8-17-9-11)15(22)20(16(23)19-14)12-6-2-1-3-7-12/h1-10,13H,(H,19,21,23)/t13-/m1/s1. The molecule has 0 radical (unpaired) electrons. The lowest BCUT2D eigenvalue weighted by Gasteiger charge is -2.30. The molecular formula is C16H12N4O2S. The molecule has 6 nitrogen and oxygen atoms in total. The van der Waals surface area contributed by atoms with Crippen LogP contribution < -0.4 is 10.2 Å². The van der Waals surface area contributed by atoms with Gasteiger partial charge in [0.05, 0.1) is 17.6 Å². The minimum atomic E-state index is -1.04. The van der Waals surface area contributed by atoms with E-state index in [4.69, 9.17) is 12.2 Å². The highest BCUT2D eigenvalue weighted by atomic mass is 32.1. The predicted molar refractivity (Wildman–Crippen MR) is 90.5 cm³/mol. The maximum atomic E-state index is 12.6. The number of aromatic nitrogens is 1. The molecule has 2 heterocycles. The molecule has 2 amide bonds. The van der Waals surface area contributed by atoms with Crippen molar-refractivity contribution in [3.05, 3.63) is 54.9 Å². The van der Waals surface area contributed by atoms with Crippen LogP contribution in [0.4, 0.5) is 11.4 Å². The van der Waals surface area contributed by atoms with Gasteiger partial charge >= 0.3 is 0 Å². The molecule has 1 fully saturated rings. The minimum Gasteiger partial charge on any atom is -0.301 e. The molecule has 1 saturated heterocycles. The summed E-state index contributed by atoms with van der Waals surface area (Å²) in [6, 6.07) is 12.4. The molecule has 0 spiro atoms. The molecule has 0 aliphatic carbocycles. The van der Waals surface area contributed by atoms with E-state index in [1.165, 1.54) is 11.1 Å². The van der Waals surface area contributed by atoms with Crippen molar-refractivity contribution in [1.82, 2.24) is 10.3 Å². The van der Waals surface area contributed by atoms with Crippen molar-refractivity contribution in [3.63, 3.8) is 0 Å². The Labute approximate surface area is 137 Å². The van der Waals surface area contributed by atoms with Crippen molar-refractivity contribution in [3.8, 4) is 0 Å². The van der Waals surface area contributed by atoms with Gasteiger partial charge in [-0.3, -0.25) is 24.5 Å². The number of thiocarbonyl (C=S) groups is 1. The number of hydrogen-bond acceptors (Lipinski definition) is 5. The number of para-hydroxylation sites is 1. The van der Waals surface area contributed by atoms with Gasteiger partial charge in [-0.1, -0.05) is 18.2 Å². The molecular weight excluding hydrogens is 312 g/mol. The van der Waals surface area contributed by atoms with Crippen LogP contribution in [0.15, 0.2) is 59.9 Å². The van der Waals surface area contributed by atoms with Crippen LogP contribution in [0.2, 0.25) is 0 Å². The zero-order chi connectivity index (χ0) is 16.2. The molecule has 0 unspecified atom stereocenters. The van der Waals surface area contributed by atoms with E-state index in [9.17, 15) is 9.59 Å². The Morgan fingerprint density at radius 1 is 1.17 bits per heavy atom. The molecule has 1 aliphatic heterocycles. The highest BCUT2D eigenvalue weighted by Crippen LogP contribution is 2.20. The monoisotopic (exact) mass is 324 g/mol. The first-order valence-corrected chi connectivity index (χ1v) is 7.26. The van der Waals surface area contributed by atoms with Crippen molar-refractivity contribution in [2.45, 2.75) is 0 Å². The number of carbonyl (C=O) groups is 2. The Kier molecular flexibility index (Phi) is 4.20. The Morgan fingerprint density at radius 3 is 2.65 bits per heavy atom. The molecule has 1 N–H and O–H groups in total. The van der Waals surface area contributed by atoms with Crippen molar-refractivity contribution < 1.29 is 9.59 Å². The van der Waals surface area contributed by atoms with E-state index < -0.39 is 17.7 Å². The molecule has 1 aromatic heterocycles. The first-order valence-electron chi connectivity index (χ1n) is 6.85. The molecule has 1 aliphatic rings. The first kappa shape index (κ1) is 15.0. The van der Waals surface area contributed by atoms with E-state index in [0.717, 1.165) is 0 Å². The van der Waals surface area contributed by atoms with Gasteiger partial charge in [-0.2, -0.15) is 0 Å². The van der Waals surface area contributed by atoms with Crippen LogP contribution in [0.5, 0.6) is 0 Å². The van der Waals surface area contributed by atoms with Crippen LogP contribution in [-0.4, -0.2) is 28.1 Å². The second-order valence-electron chi connectivity index (χ2n) is 4.77. The van der Waals surface area contributed by atoms with E-state index in [0.29, 0.717) is 11.4 Å². The summed E-state index contributed by atoms with van der Waals surface area (Å²) in [4.78, 5) is 34.1. The summed E-state index contributed by atoms with van der Waals surface area (Å²) in [5.74, 6) is -1.96. The van der Waals surface area contributed by atoms with Gasteiger partial charge in [0.25, 0.3) is 5.91 Å². The zero-order valence-electron chi connectivity index (χ0n) is 11.9. The number of pyridine rings is 1. The Morgan fingerprint density at radius 2 is 1.96 bits per heavy atom. The fourth-order valence-corrected chi connectivity index (χ4v) is 2.43. The molecule has 23 heavy (non-hydrogen) atoms. The van der Waals surface area contributed by atoms with Crippen LogP contribution in [0.3, 0.4) is 0 Å². The zero-order valence-corrected chi connectivity index (χ0v) is 12.7. The Hall–Kier alpha value is -2.93. The average molecular weight is 324 g/mol. The summed E-state index contributed by atoms with van der Waals surface area (Å²) < 4.78 is 0. The molecule has 114 valence electrons. The maximum Gasteiger partial charge on any atom is 0.251 e. The SMILES string of the molecule is O=C1NC(=S)N(c2ccccc2)C(=O)[C@@H]1C=Nc1cccnc1. The van der Waals surface area contributed by atoms with E-state index >= 15 is 0 Å². The van der Waals surface area contributed by atoms with Gasteiger partial charge in [-0.25, -0.2) is 0 Å². The number of benzene rings is 1. The third-order valence-electron chi connectivity index (χ3n) is 3.24. The van der Waals surface area contributed by atoms with Crippen LogP contribution in [0, 0.1) is 5.92 Å². The number of aliphatic imine (C=N–C) groups is 1. The minimum absolute atomic E-state index is 0.0669. The first-order chi connectivity index (χ1) is 11.2. The summed E-state index contributed by atoms with van der Waals surface area (Å²) in [7, 11) is 0. The molecule has 1 atom stereocenters. The third kappa shape index (κ3) is 3.14. The van der Waals surface area contributed by atoms with E-state index in [2.05, 4.69) is 15.3 Å². The highest BCUT2D eigenvalue weighted by molar-refractivity contribution is 7.80. The lowest BCUT2D eigenvalue weighted by molar-refractivity contribution is -0.130. The summed E-state index contributed by atoms with van der Waals surface area (Å²) in [5.41, 5.74) is 1.16. The quantitative estimate of drug-likeness (QED) is 0.531. The van der Waals surface area contributed by atoms with E-state index in [1.54, 1.807) is 48.8 Å². The van der Waals surface area contributed by atoms with Gasteiger partial charge in [0.15, 0.2) is 11.0 Å². The Bertz CT molecular complexity index is 777. The van der Waals surface area contributed by atoms with Crippen LogP contribution in [-0.2, 0) is 9.59 Å². The summed E-state index contributed by atoms with van der Waals surface area (Å²) in [6.45, 7) is 0. The average Bonchev–Trinajstić information content (AvgIpc) is 2.56. The molecule has 0 saturated carbocycles. The largest absolute Gasteiger partial charge is 0.301 e. The fourth-order valence-electron chi connectivity index (χ4n) is 2.13. The van der Waals surface area contributed by atoms with Gasteiger partial charge in [-0.15, -0.1) is 0 Å². The normalized spacial score (nSPS) is 18.3. The number of hydrogen-bond donors (Lipinski definition) is 1. The summed E-state index contributed by atoms with van der Waals surface area (Å²) in [6.07, 6.45) is 4.47. The maximum absolute atomic E-state index is 12.6. The topological polar surface area (TPSA) is 74.7 Å².